The lowest BCUT2D eigenvalue weighted by Gasteiger charge is -2.07. The van der Waals surface area contributed by atoms with Gasteiger partial charge in [0.2, 0.25) is 5.78 Å². The van der Waals surface area contributed by atoms with Gasteiger partial charge in [-0.1, -0.05) is 47.1 Å². The number of thioether (sulfide) groups is 1. The van der Waals surface area contributed by atoms with E-state index in [1.807, 2.05) is 54.6 Å². The van der Waals surface area contributed by atoms with Crippen LogP contribution in [0.3, 0.4) is 0 Å². The molecule has 4 aromatic carbocycles. The molecule has 1 heterocycles. The Hall–Kier alpha value is -3.87. The van der Waals surface area contributed by atoms with Gasteiger partial charge in [-0.15, -0.1) is 11.8 Å². The van der Waals surface area contributed by atoms with Crippen molar-refractivity contribution in [2.75, 3.05) is 5.75 Å². The number of carbonyl (C=O) groups is 2. The first kappa shape index (κ1) is 27.7. The van der Waals surface area contributed by atoms with Gasteiger partial charge in [0.05, 0.1) is 0 Å². The van der Waals surface area contributed by atoms with Crippen molar-refractivity contribution in [2.45, 2.75) is 38.6 Å². The van der Waals surface area contributed by atoms with Crippen molar-refractivity contribution < 1.29 is 14.4 Å². The van der Waals surface area contributed by atoms with E-state index in [4.69, 9.17) is 16.4 Å². The maximum Gasteiger partial charge on any atom is 0.331 e. The Kier molecular flexibility index (Phi) is 8.38. The van der Waals surface area contributed by atoms with Crippen molar-refractivity contribution in [1.29, 1.82) is 0 Å². The average Bonchev–Trinajstić information content (AvgIpc) is 3.27. The Morgan fingerprint density at radius 1 is 0.925 bits per heavy atom. The molecule has 0 aliphatic carbocycles. The third kappa shape index (κ3) is 5.83. The number of halogens is 1. The van der Waals surface area contributed by atoms with Gasteiger partial charge >= 0.3 is 5.97 Å². The molecule has 0 aliphatic heterocycles. The van der Waals surface area contributed by atoms with Crippen molar-refractivity contribution in [3.05, 3.63) is 101 Å². The predicted octanol–water partition coefficient (Wildman–Crippen LogP) is 8.73. The van der Waals surface area contributed by atoms with Gasteiger partial charge in [0.15, 0.2) is 0 Å². The number of carbonyl (C=O) groups excluding carboxylic acids is 2. The minimum Gasteiger partial charge on any atom is -0.341 e. The second-order valence-electron chi connectivity index (χ2n) is 9.53. The zero-order valence-corrected chi connectivity index (χ0v) is 24.2. The number of hydrogen-bond donors (Lipinski definition) is 0. The van der Waals surface area contributed by atoms with E-state index < -0.39 is 5.97 Å². The van der Waals surface area contributed by atoms with E-state index >= 15 is 0 Å². The van der Waals surface area contributed by atoms with Gasteiger partial charge in [-0.2, -0.15) is 0 Å². The van der Waals surface area contributed by atoms with Crippen LogP contribution in [0.25, 0.3) is 32.9 Å². The highest BCUT2D eigenvalue weighted by Crippen LogP contribution is 2.34. The molecule has 202 valence electrons. The Morgan fingerprint density at radius 3 is 2.33 bits per heavy atom. The highest BCUT2D eigenvalue weighted by atomic mass is 35.5. The van der Waals surface area contributed by atoms with E-state index in [-0.39, 0.29) is 11.5 Å². The minimum absolute atomic E-state index is 0.204. The van der Waals surface area contributed by atoms with Crippen molar-refractivity contribution in [3.8, 4) is 11.1 Å². The molecule has 0 amide bonds. The molecule has 0 spiro atoms. The van der Waals surface area contributed by atoms with Crippen LogP contribution in [0.4, 0.5) is 0 Å². The maximum atomic E-state index is 13.7. The Bertz CT molecular complexity index is 1760. The lowest BCUT2D eigenvalue weighted by molar-refractivity contribution is -0.140. The summed E-state index contributed by atoms with van der Waals surface area (Å²) in [5, 5.41) is 6.71. The summed E-state index contributed by atoms with van der Waals surface area (Å²) in [7, 11) is 0. The lowest BCUT2D eigenvalue weighted by Crippen LogP contribution is -2.16. The molecule has 0 N–H and O–H groups in total. The first-order valence-corrected chi connectivity index (χ1v) is 14.5. The number of rotatable bonds is 9. The zero-order chi connectivity index (χ0) is 28.2. The number of hydrogen-bond acceptors (Lipinski definition) is 5. The van der Waals surface area contributed by atoms with Crippen LogP contribution in [0, 0.1) is 6.92 Å². The van der Waals surface area contributed by atoms with Gasteiger partial charge < -0.3 is 9.40 Å². The topological polar surface area (TPSA) is 60.7 Å². The summed E-state index contributed by atoms with van der Waals surface area (Å²) in [6.45, 7) is 6.31. The van der Waals surface area contributed by atoms with Crippen LogP contribution in [-0.2, 0) is 16.2 Å². The normalized spacial score (nSPS) is 11.8. The van der Waals surface area contributed by atoms with E-state index in [1.165, 1.54) is 18.1 Å². The summed E-state index contributed by atoms with van der Waals surface area (Å²) in [4.78, 5) is 31.1. The molecule has 5 nitrogen and oxygen atoms in total. The number of fused-ring (bicyclic) bond motifs is 3. The molecule has 7 heteroatoms. The summed E-state index contributed by atoms with van der Waals surface area (Å²) < 4.78 is 2.26. The van der Waals surface area contributed by atoms with Crippen LogP contribution in [0.5, 0.6) is 0 Å². The van der Waals surface area contributed by atoms with Gasteiger partial charge in [0.25, 0.3) is 0 Å². The van der Waals surface area contributed by atoms with Crippen LogP contribution in [0.15, 0.2) is 95.0 Å². The van der Waals surface area contributed by atoms with E-state index in [0.29, 0.717) is 22.8 Å². The third-order valence-electron chi connectivity index (χ3n) is 6.87. The molecule has 5 aromatic rings. The Labute approximate surface area is 242 Å². The highest BCUT2D eigenvalue weighted by molar-refractivity contribution is 7.99. The molecule has 5 rings (SSSR count). The number of nitrogens with zero attached hydrogens (tertiary/aromatic N) is 2. The highest BCUT2D eigenvalue weighted by Gasteiger charge is 2.19. The molecule has 0 radical (unpaired) electrons. The summed E-state index contributed by atoms with van der Waals surface area (Å²) in [6.07, 6.45) is 0.339. The standard InChI is InChI=1S/C33H29ClN2O3S/c1-4-36-31-15-9-23(27-8-6-5-7-21(27)2)19-28(31)29-20-24(10-16-32(29)36)33(38)30(35-39-22(3)37)17-18-40-26-13-11-25(34)12-14-26/h5-16,19-20H,4,17-18H2,1-3H3. The number of benzene rings is 4. The average molecular weight is 569 g/mol. The number of ketones is 1. The van der Waals surface area contributed by atoms with Crippen molar-refractivity contribution >= 4 is 62.6 Å². The van der Waals surface area contributed by atoms with Crippen LogP contribution in [-0.4, -0.2) is 27.8 Å². The summed E-state index contributed by atoms with van der Waals surface area (Å²) in [5.41, 5.74) is 6.42. The molecule has 40 heavy (non-hydrogen) atoms. The fourth-order valence-electron chi connectivity index (χ4n) is 4.93. The second-order valence-corrected chi connectivity index (χ2v) is 11.1. The van der Waals surface area contributed by atoms with E-state index in [2.05, 4.69) is 53.9 Å². The summed E-state index contributed by atoms with van der Waals surface area (Å²) in [6, 6.07) is 28.1. The maximum absolute atomic E-state index is 13.7. The molecular weight excluding hydrogens is 540 g/mol. The van der Waals surface area contributed by atoms with Gasteiger partial charge in [0, 0.05) is 62.9 Å². The van der Waals surface area contributed by atoms with Crippen molar-refractivity contribution in [3.63, 3.8) is 0 Å². The number of Topliss-reactive ketones (excluding diaryl/α,β-unsaturated/α-hetero) is 1. The van der Waals surface area contributed by atoms with Gasteiger partial charge in [-0.25, -0.2) is 4.79 Å². The fourth-order valence-corrected chi connectivity index (χ4v) is 5.92. The number of aryl methyl sites for hydroxylation is 2. The largest absolute Gasteiger partial charge is 0.341 e. The molecule has 0 fully saturated rings. The van der Waals surface area contributed by atoms with Crippen LogP contribution in [0.1, 0.15) is 36.2 Å². The molecule has 0 unspecified atom stereocenters. The summed E-state index contributed by atoms with van der Waals surface area (Å²) in [5.74, 6) is -0.238. The van der Waals surface area contributed by atoms with Gasteiger partial charge in [-0.05, 0) is 85.1 Å². The van der Waals surface area contributed by atoms with Crippen LogP contribution in [0.2, 0.25) is 5.02 Å². The van der Waals surface area contributed by atoms with E-state index in [0.717, 1.165) is 38.8 Å². The molecule has 1 aromatic heterocycles. The number of aromatic nitrogens is 1. The first-order chi connectivity index (χ1) is 19.4. The van der Waals surface area contributed by atoms with Crippen molar-refractivity contribution in [1.82, 2.24) is 4.57 Å². The molecule has 0 saturated carbocycles. The van der Waals surface area contributed by atoms with Crippen molar-refractivity contribution in [2.24, 2.45) is 5.16 Å². The molecule has 0 aliphatic rings. The molecule has 0 bridgehead atoms. The quantitative estimate of drug-likeness (QED) is 0.0586. The number of oxime groups is 1. The first-order valence-electron chi connectivity index (χ1n) is 13.1. The molecule has 0 saturated heterocycles. The van der Waals surface area contributed by atoms with Crippen LogP contribution >= 0.6 is 23.4 Å². The fraction of sp³-hybridized carbons (Fsp3) is 0.182. The Morgan fingerprint density at radius 2 is 1.62 bits per heavy atom. The molecular formula is C33H29ClN2O3S. The monoisotopic (exact) mass is 568 g/mol. The summed E-state index contributed by atoms with van der Waals surface area (Å²) >= 11 is 7.57. The zero-order valence-electron chi connectivity index (χ0n) is 22.6. The second kappa shape index (κ2) is 12.1. The predicted molar refractivity (Wildman–Crippen MR) is 166 cm³/mol. The van der Waals surface area contributed by atoms with E-state index in [1.54, 1.807) is 11.8 Å². The SMILES string of the molecule is CCn1c2ccc(C(=O)C(CCSc3ccc(Cl)cc3)=NOC(C)=O)cc2c2cc(-c3ccccc3C)ccc21. The molecule has 0 atom stereocenters. The third-order valence-corrected chi connectivity index (χ3v) is 8.13. The van der Waals surface area contributed by atoms with Gasteiger partial charge in [-0.3, -0.25) is 4.79 Å². The Balaban J connectivity index is 1.51. The van der Waals surface area contributed by atoms with Gasteiger partial charge in [0.1, 0.15) is 5.71 Å². The van der Waals surface area contributed by atoms with Crippen LogP contribution < -0.4 is 0 Å². The minimum atomic E-state index is -0.569. The lowest BCUT2D eigenvalue weighted by atomic mass is 9.98. The van der Waals surface area contributed by atoms with E-state index in [9.17, 15) is 9.59 Å². The smallest absolute Gasteiger partial charge is 0.331 e.